The molecule has 0 spiro atoms. The Labute approximate surface area is 111 Å². The van der Waals surface area contributed by atoms with E-state index >= 15 is 0 Å². The number of aliphatic carboxylic acids is 1. The summed E-state index contributed by atoms with van der Waals surface area (Å²) in [7, 11) is 0. The highest BCUT2D eigenvalue weighted by atomic mass is 16.5. The SMILES string of the molecule is O=C(O)CC(NC(=O)N1CCOCC1CO)C1CC1. The molecule has 108 valence electrons. The highest BCUT2D eigenvalue weighted by Crippen LogP contribution is 2.34. The third-order valence-corrected chi connectivity index (χ3v) is 3.59. The minimum atomic E-state index is -0.905. The number of hydrogen-bond donors (Lipinski definition) is 3. The van der Waals surface area contributed by atoms with Crippen LogP contribution in [0.4, 0.5) is 4.79 Å². The van der Waals surface area contributed by atoms with E-state index in [2.05, 4.69) is 5.32 Å². The van der Waals surface area contributed by atoms with E-state index in [4.69, 9.17) is 9.84 Å². The predicted octanol–water partition coefficient (Wildman–Crippen LogP) is -0.358. The van der Waals surface area contributed by atoms with Gasteiger partial charge in [0.2, 0.25) is 0 Å². The quantitative estimate of drug-likeness (QED) is 0.635. The van der Waals surface area contributed by atoms with Gasteiger partial charge in [0.1, 0.15) is 0 Å². The number of nitrogens with zero attached hydrogens (tertiary/aromatic N) is 1. The zero-order valence-electron chi connectivity index (χ0n) is 10.7. The fourth-order valence-corrected chi connectivity index (χ4v) is 2.34. The summed E-state index contributed by atoms with van der Waals surface area (Å²) in [5.74, 6) is -0.633. The number of urea groups is 1. The first-order valence-electron chi connectivity index (χ1n) is 6.59. The Hall–Kier alpha value is -1.34. The molecule has 2 amide bonds. The summed E-state index contributed by atoms with van der Waals surface area (Å²) in [6.45, 7) is 1.02. The van der Waals surface area contributed by atoms with Crippen molar-refractivity contribution in [3.8, 4) is 0 Å². The van der Waals surface area contributed by atoms with E-state index in [1.54, 1.807) is 0 Å². The molecule has 1 saturated heterocycles. The maximum atomic E-state index is 12.1. The average molecular weight is 272 g/mol. The molecule has 1 heterocycles. The largest absolute Gasteiger partial charge is 0.481 e. The second kappa shape index (κ2) is 6.21. The monoisotopic (exact) mass is 272 g/mol. The summed E-state index contributed by atoms with van der Waals surface area (Å²) in [6.07, 6.45) is 1.88. The first-order valence-corrected chi connectivity index (χ1v) is 6.59. The Balaban J connectivity index is 1.91. The molecule has 0 aromatic carbocycles. The van der Waals surface area contributed by atoms with E-state index < -0.39 is 5.97 Å². The van der Waals surface area contributed by atoms with E-state index in [1.807, 2.05) is 0 Å². The number of morpholine rings is 1. The molecule has 1 aliphatic heterocycles. The van der Waals surface area contributed by atoms with Crippen LogP contribution < -0.4 is 5.32 Å². The summed E-state index contributed by atoms with van der Waals surface area (Å²) < 4.78 is 5.21. The fraction of sp³-hybridized carbons (Fsp3) is 0.833. The lowest BCUT2D eigenvalue weighted by molar-refractivity contribution is -0.137. The van der Waals surface area contributed by atoms with Gasteiger partial charge in [-0.1, -0.05) is 0 Å². The van der Waals surface area contributed by atoms with Crippen LogP contribution in [0.15, 0.2) is 0 Å². The molecular weight excluding hydrogens is 252 g/mol. The number of carbonyl (C=O) groups excluding carboxylic acids is 1. The van der Waals surface area contributed by atoms with Crippen LogP contribution >= 0.6 is 0 Å². The van der Waals surface area contributed by atoms with Gasteiger partial charge in [-0.2, -0.15) is 0 Å². The van der Waals surface area contributed by atoms with Crippen molar-refractivity contribution in [1.82, 2.24) is 10.2 Å². The Bertz CT molecular complexity index is 345. The first kappa shape index (κ1) is 14.1. The van der Waals surface area contributed by atoms with Crippen LogP contribution in [0, 0.1) is 5.92 Å². The molecular formula is C12H20N2O5. The molecule has 1 aliphatic carbocycles. The number of carboxylic acid groups (broad SMARTS) is 1. The molecule has 0 aromatic heterocycles. The number of aliphatic hydroxyl groups excluding tert-OH is 1. The summed E-state index contributed by atoms with van der Waals surface area (Å²) in [6, 6.07) is -0.967. The lowest BCUT2D eigenvalue weighted by Gasteiger charge is -2.35. The van der Waals surface area contributed by atoms with Gasteiger partial charge in [-0.05, 0) is 18.8 Å². The molecule has 2 atom stereocenters. The highest BCUT2D eigenvalue weighted by Gasteiger charge is 2.36. The summed E-state index contributed by atoms with van der Waals surface area (Å²) >= 11 is 0. The van der Waals surface area contributed by atoms with Crippen molar-refractivity contribution in [3.63, 3.8) is 0 Å². The summed E-state index contributed by atoms with van der Waals surface area (Å²) in [5, 5.41) is 20.9. The van der Waals surface area contributed by atoms with Gasteiger partial charge in [-0.15, -0.1) is 0 Å². The van der Waals surface area contributed by atoms with Gasteiger partial charge < -0.3 is 25.2 Å². The fourth-order valence-electron chi connectivity index (χ4n) is 2.34. The number of hydrogen-bond acceptors (Lipinski definition) is 4. The van der Waals surface area contributed by atoms with Crippen LogP contribution in [-0.2, 0) is 9.53 Å². The second-order valence-corrected chi connectivity index (χ2v) is 5.10. The molecule has 0 radical (unpaired) electrons. The Kier molecular flexibility index (Phi) is 4.60. The van der Waals surface area contributed by atoms with E-state index in [0.717, 1.165) is 12.8 Å². The minimum absolute atomic E-state index is 0.0511. The zero-order valence-corrected chi connectivity index (χ0v) is 10.7. The molecule has 2 unspecified atom stereocenters. The highest BCUT2D eigenvalue weighted by molar-refractivity contribution is 5.76. The molecule has 1 saturated carbocycles. The van der Waals surface area contributed by atoms with Crippen molar-refractivity contribution in [2.75, 3.05) is 26.4 Å². The number of carbonyl (C=O) groups is 2. The standard InChI is InChI=1S/C12H20N2O5/c15-6-9-7-19-4-3-14(9)12(18)13-10(5-11(16)17)8-1-2-8/h8-10,15H,1-7H2,(H,13,18)(H,16,17). The van der Waals surface area contributed by atoms with Crippen LogP contribution in [-0.4, -0.2) is 65.6 Å². The van der Waals surface area contributed by atoms with Gasteiger partial charge in [-0.3, -0.25) is 4.79 Å². The molecule has 0 aromatic rings. The van der Waals surface area contributed by atoms with Crippen molar-refractivity contribution in [3.05, 3.63) is 0 Å². The van der Waals surface area contributed by atoms with Crippen LogP contribution in [0.3, 0.4) is 0 Å². The van der Waals surface area contributed by atoms with Crippen molar-refractivity contribution in [2.45, 2.75) is 31.3 Å². The Morgan fingerprint density at radius 3 is 2.74 bits per heavy atom. The molecule has 7 heteroatoms. The third-order valence-electron chi connectivity index (χ3n) is 3.59. The van der Waals surface area contributed by atoms with Gasteiger partial charge >= 0.3 is 12.0 Å². The van der Waals surface area contributed by atoms with Gasteiger partial charge in [0, 0.05) is 12.6 Å². The Morgan fingerprint density at radius 2 is 2.16 bits per heavy atom. The summed E-state index contributed by atoms with van der Waals surface area (Å²) in [5.41, 5.74) is 0. The molecule has 7 nitrogen and oxygen atoms in total. The number of rotatable bonds is 5. The third kappa shape index (κ3) is 3.81. The van der Waals surface area contributed by atoms with E-state index in [1.165, 1.54) is 4.90 Å². The van der Waals surface area contributed by atoms with Gasteiger partial charge in [0.15, 0.2) is 0 Å². The Morgan fingerprint density at radius 1 is 1.42 bits per heavy atom. The van der Waals surface area contributed by atoms with E-state index in [0.29, 0.717) is 19.8 Å². The second-order valence-electron chi connectivity index (χ2n) is 5.10. The van der Waals surface area contributed by atoms with Crippen LogP contribution in [0.25, 0.3) is 0 Å². The molecule has 2 fully saturated rings. The summed E-state index contributed by atoms with van der Waals surface area (Å²) in [4.78, 5) is 24.5. The van der Waals surface area contributed by atoms with E-state index in [-0.39, 0.29) is 37.1 Å². The smallest absolute Gasteiger partial charge is 0.318 e. The lowest BCUT2D eigenvalue weighted by atomic mass is 10.1. The normalized spacial score (nSPS) is 24.9. The van der Waals surface area contributed by atoms with Gasteiger partial charge in [0.05, 0.1) is 32.3 Å². The molecule has 19 heavy (non-hydrogen) atoms. The van der Waals surface area contributed by atoms with Crippen molar-refractivity contribution in [1.29, 1.82) is 0 Å². The van der Waals surface area contributed by atoms with E-state index in [9.17, 15) is 14.7 Å². The van der Waals surface area contributed by atoms with Crippen LogP contribution in [0.1, 0.15) is 19.3 Å². The van der Waals surface area contributed by atoms with Gasteiger partial charge in [0.25, 0.3) is 0 Å². The molecule has 0 bridgehead atoms. The van der Waals surface area contributed by atoms with Crippen LogP contribution in [0.2, 0.25) is 0 Å². The minimum Gasteiger partial charge on any atom is -0.481 e. The zero-order chi connectivity index (χ0) is 13.8. The molecule has 3 N–H and O–H groups in total. The average Bonchev–Trinajstić information content (AvgIpc) is 3.21. The number of nitrogens with one attached hydrogen (secondary N) is 1. The number of carboxylic acids is 1. The topological polar surface area (TPSA) is 99.1 Å². The predicted molar refractivity (Wildman–Crippen MR) is 65.7 cm³/mol. The van der Waals surface area contributed by atoms with Crippen molar-refractivity contribution in [2.24, 2.45) is 5.92 Å². The maximum absolute atomic E-state index is 12.1. The number of aliphatic hydroxyl groups is 1. The number of ether oxygens (including phenoxy) is 1. The van der Waals surface area contributed by atoms with Gasteiger partial charge in [-0.25, -0.2) is 4.79 Å². The molecule has 2 rings (SSSR count). The lowest BCUT2D eigenvalue weighted by Crippen LogP contribution is -2.56. The maximum Gasteiger partial charge on any atom is 0.318 e. The number of amides is 2. The molecule has 2 aliphatic rings. The van der Waals surface area contributed by atoms with Crippen molar-refractivity contribution < 1.29 is 24.5 Å². The van der Waals surface area contributed by atoms with Crippen molar-refractivity contribution >= 4 is 12.0 Å². The first-order chi connectivity index (χ1) is 9.11. The van der Waals surface area contributed by atoms with Crippen LogP contribution in [0.5, 0.6) is 0 Å².